The number of hydrogen-bond acceptors (Lipinski definition) is 3. The molecule has 0 aromatic carbocycles. The van der Waals surface area contributed by atoms with E-state index in [1.165, 1.54) is 49.8 Å². The highest BCUT2D eigenvalue weighted by Crippen LogP contribution is 2.33. The fraction of sp³-hybridized carbons (Fsp3) is 0.550. The third-order valence-electron chi connectivity index (χ3n) is 5.52. The molecule has 5 heteroatoms. The third kappa shape index (κ3) is 3.46. The van der Waals surface area contributed by atoms with Crippen LogP contribution in [0.1, 0.15) is 78.3 Å². The van der Waals surface area contributed by atoms with Crippen molar-refractivity contribution in [1.82, 2.24) is 20.1 Å². The Labute approximate surface area is 148 Å². The minimum Gasteiger partial charge on any atom is -0.346 e. The molecule has 2 heterocycles. The van der Waals surface area contributed by atoms with Gasteiger partial charge < -0.3 is 5.32 Å². The Balaban J connectivity index is 1.56. The van der Waals surface area contributed by atoms with Crippen molar-refractivity contribution in [3.05, 3.63) is 47.0 Å². The zero-order chi connectivity index (χ0) is 17.1. The monoisotopic (exact) mass is 338 g/mol. The van der Waals surface area contributed by atoms with Crippen molar-refractivity contribution in [1.29, 1.82) is 0 Å². The third-order valence-corrected chi connectivity index (χ3v) is 5.52. The number of carbonyl (C=O) groups excluding carboxylic acids is 1. The van der Waals surface area contributed by atoms with E-state index in [1.807, 2.05) is 12.1 Å². The minimum absolute atomic E-state index is 0.0448. The highest BCUT2D eigenvalue weighted by atomic mass is 16.1. The molecule has 132 valence electrons. The molecular weight excluding hydrogens is 312 g/mol. The number of pyridine rings is 1. The maximum absolute atomic E-state index is 12.8. The predicted octanol–water partition coefficient (Wildman–Crippen LogP) is 3.59. The number of aromatic nitrogens is 3. The lowest BCUT2D eigenvalue weighted by Gasteiger charge is -2.25. The lowest BCUT2D eigenvalue weighted by atomic mass is 9.92. The summed E-state index contributed by atoms with van der Waals surface area (Å²) < 4.78 is 2.21. The molecule has 1 saturated carbocycles. The van der Waals surface area contributed by atoms with Crippen molar-refractivity contribution in [2.45, 2.75) is 70.4 Å². The highest BCUT2D eigenvalue weighted by Gasteiger charge is 2.28. The first kappa shape index (κ1) is 16.3. The van der Waals surface area contributed by atoms with Crippen molar-refractivity contribution in [3.8, 4) is 0 Å². The maximum Gasteiger partial charge on any atom is 0.272 e. The van der Waals surface area contributed by atoms with Gasteiger partial charge in [0.05, 0.1) is 6.04 Å². The van der Waals surface area contributed by atoms with Gasteiger partial charge in [-0.15, -0.1) is 0 Å². The first-order chi connectivity index (χ1) is 12.3. The number of hydrogen-bond donors (Lipinski definition) is 1. The first-order valence-electron chi connectivity index (χ1n) is 9.60. The largest absolute Gasteiger partial charge is 0.346 e. The summed E-state index contributed by atoms with van der Waals surface area (Å²) in [6.45, 7) is 0.498. The number of amides is 1. The van der Waals surface area contributed by atoms with E-state index in [0.29, 0.717) is 18.3 Å². The van der Waals surface area contributed by atoms with Crippen LogP contribution >= 0.6 is 0 Å². The summed E-state index contributed by atoms with van der Waals surface area (Å²) in [5.41, 5.74) is 4.19. The average molecular weight is 338 g/mol. The molecule has 25 heavy (non-hydrogen) atoms. The number of rotatable bonds is 4. The second kappa shape index (κ2) is 7.38. The van der Waals surface area contributed by atoms with Gasteiger partial charge in [-0.2, -0.15) is 5.10 Å². The van der Waals surface area contributed by atoms with Crippen molar-refractivity contribution in [2.24, 2.45) is 0 Å². The van der Waals surface area contributed by atoms with Crippen LogP contribution in [0.2, 0.25) is 0 Å². The van der Waals surface area contributed by atoms with Crippen molar-refractivity contribution >= 4 is 5.91 Å². The van der Waals surface area contributed by atoms with Crippen molar-refractivity contribution < 1.29 is 4.79 Å². The molecule has 0 atom stereocenters. The topological polar surface area (TPSA) is 59.8 Å². The lowest BCUT2D eigenvalue weighted by molar-refractivity contribution is 0.0943. The molecule has 1 fully saturated rings. The predicted molar refractivity (Wildman–Crippen MR) is 96.4 cm³/mol. The summed E-state index contributed by atoms with van der Waals surface area (Å²) in [6.07, 6.45) is 14.2. The Morgan fingerprint density at radius 1 is 1.16 bits per heavy atom. The molecule has 2 aliphatic rings. The van der Waals surface area contributed by atoms with Crippen LogP contribution in [-0.4, -0.2) is 20.7 Å². The second-order valence-corrected chi connectivity index (χ2v) is 7.26. The van der Waals surface area contributed by atoms with Crippen LogP contribution in [0.25, 0.3) is 0 Å². The molecular formula is C20H26N4O. The quantitative estimate of drug-likeness (QED) is 0.927. The molecule has 0 aliphatic heterocycles. The van der Waals surface area contributed by atoms with Crippen LogP contribution in [0, 0.1) is 0 Å². The van der Waals surface area contributed by atoms with E-state index in [9.17, 15) is 4.79 Å². The van der Waals surface area contributed by atoms with Gasteiger partial charge in [0.1, 0.15) is 0 Å². The summed E-state index contributed by atoms with van der Waals surface area (Å²) in [7, 11) is 0. The highest BCUT2D eigenvalue weighted by molar-refractivity contribution is 5.94. The Kier molecular flexibility index (Phi) is 4.81. The molecule has 2 aliphatic carbocycles. The number of carbonyl (C=O) groups is 1. The minimum atomic E-state index is -0.0448. The average Bonchev–Trinajstić information content (AvgIpc) is 3.07. The normalized spacial score (nSPS) is 17.9. The molecule has 0 bridgehead atoms. The molecule has 2 aromatic heterocycles. The van der Waals surface area contributed by atoms with Gasteiger partial charge in [0, 0.05) is 30.2 Å². The van der Waals surface area contributed by atoms with Gasteiger partial charge in [-0.1, -0.05) is 25.3 Å². The van der Waals surface area contributed by atoms with Gasteiger partial charge in [0.2, 0.25) is 0 Å². The summed E-state index contributed by atoms with van der Waals surface area (Å²) >= 11 is 0. The molecule has 0 spiro atoms. The van der Waals surface area contributed by atoms with E-state index in [4.69, 9.17) is 5.10 Å². The molecule has 2 aromatic rings. The summed E-state index contributed by atoms with van der Waals surface area (Å²) in [4.78, 5) is 16.9. The molecule has 1 amide bonds. The second-order valence-electron chi connectivity index (χ2n) is 7.26. The first-order valence-corrected chi connectivity index (χ1v) is 9.60. The zero-order valence-electron chi connectivity index (χ0n) is 14.7. The van der Waals surface area contributed by atoms with Gasteiger partial charge in [-0.25, -0.2) is 0 Å². The Hall–Kier alpha value is -2.17. The smallest absolute Gasteiger partial charge is 0.272 e. The molecule has 4 rings (SSSR count). The fourth-order valence-electron chi connectivity index (χ4n) is 4.20. The zero-order valence-corrected chi connectivity index (χ0v) is 14.7. The van der Waals surface area contributed by atoms with Crippen LogP contribution in [-0.2, 0) is 19.4 Å². The fourth-order valence-corrected chi connectivity index (χ4v) is 4.20. The van der Waals surface area contributed by atoms with Crippen LogP contribution in [0.5, 0.6) is 0 Å². The van der Waals surface area contributed by atoms with Crippen molar-refractivity contribution in [3.63, 3.8) is 0 Å². The Morgan fingerprint density at radius 2 is 2.00 bits per heavy atom. The van der Waals surface area contributed by atoms with Gasteiger partial charge in [0.15, 0.2) is 5.69 Å². The van der Waals surface area contributed by atoms with E-state index in [0.717, 1.165) is 24.8 Å². The molecule has 1 N–H and O–H groups in total. The van der Waals surface area contributed by atoms with Gasteiger partial charge >= 0.3 is 0 Å². The number of nitrogens with one attached hydrogen (secondary N) is 1. The summed E-state index contributed by atoms with van der Waals surface area (Å²) in [5.74, 6) is -0.0448. The van der Waals surface area contributed by atoms with E-state index >= 15 is 0 Å². The number of nitrogens with zero attached hydrogens (tertiary/aromatic N) is 3. The Morgan fingerprint density at radius 3 is 2.80 bits per heavy atom. The van der Waals surface area contributed by atoms with Crippen molar-refractivity contribution in [2.75, 3.05) is 0 Å². The van der Waals surface area contributed by atoms with Crippen LogP contribution in [0.4, 0.5) is 0 Å². The summed E-state index contributed by atoms with van der Waals surface area (Å²) in [5, 5.41) is 7.84. The van der Waals surface area contributed by atoms with E-state index < -0.39 is 0 Å². The number of fused-ring (bicyclic) bond motifs is 1. The summed E-state index contributed by atoms with van der Waals surface area (Å²) in [6, 6.07) is 4.35. The maximum atomic E-state index is 12.8. The molecule has 0 unspecified atom stereocenters. The molecule has 0 radical (unpaired) electrons. The van der Waals surface area contributed by atoms with Gasteiger partial charge in [0.25, 0.3) is 5.91 Å². The SMILES string of the molecule is O=C(NCc1cccnc1)c1nn(C2CCCCC2)c2c1CCCC2. The molecule has 0 saturated heterocycles. The van der Waals surface area contributed by atoms with Gasteiger partial charge in [-0.3, -0.25) is 14.5 Å². The van der Waals surface area contributed by atoms with Crippen LogP contribution in [0.15, 0.2) is 24.5 Å². The van der Waals surface area contributed by atoms with E-state index in [1.54, 1.807) is 12.4 Å². The molecule has 5 nitrogen and oxygen atoms in total. The van der Waals surface area contributed by atoms with E-state index in [-0.39, 0.29) is 5.91 Å². The lowest BCUT2D eigenvalue weighted by Crippen LogP contribution is -2.25. The van der Waals surface area contributed by atoms with Crippen LogP contribution in [0.3, 0.4) is 0 Å². The standard InChI is InChI=1S/C20H26N4O/c25-20(22-14-15-7-6-12-21-13-15)19-17-10-4-5-11-18(17)24(23-19)16-8-2-1-3-9-16/h6-7,12-13,16H,1-5,8-11,14H2,(H,22,25). The Bertz CT molecular complexity index is 732. The van der Waals surface area contributed by atoms with Crippen LogP contribution < -0.4 is 5.32 Å². The van der Waals surface area contributed by atoms with Gasteiger partial charge in [-0.05, 0) is 50.2 Å². The van der Waals surface area contributed by atoms with E-state index in [2.05, 4.69) is 15.0 Å².